The number of hydrogen-bond acceptors (Lipinski definition) is 4. The first-order chi connectivity index (χ1) is 10.0. The van der Waals surface area contributed by atoms with E-state index in [1.807, 2.05) is 50.5 Å². The van der Waals surface area contributed by atoms with Crippen LogP contribution in [0.2, 0.25) is 0 Å². The smallest absolute Gasteiger partial charge is 0.234 e. The fourth-order valence-electron chi connectivity index (χ4n) is 2.15. The van der Waals surface area contributed by atoms with Gasteiger partial charge in [0.05, 0.1) is 5.75 Å². The molecule has 6 heteroatoms. The second-order valence-corrected chi connectivity index (χ2v) is 5.82. The van der Waals surface area contributed by atoms with Crippen molar-refractivity contribution >= 4 is 23.4 Å². The number of para-hydroxylation sites is 1. The first kappa shape index (κ1) is 15.6. The zero-order chi connectivity index (χ0) is 15.4. The molecule has 2 aromatic rings. The molecule has 0 aliphatic carbocycles. The van der Waals surface area contributed by atoms with E-state index >= 15 is 0 Å². The van der Waals surface area contributed by atoms with Gasteiger partial charge in [-0.05, 0) is 38.8 Å². The number of hydrogen-bond donors (Lipinski definition) is 1. The predicted octanol–water partition coefficient (Wildman–Crippen LogP) is 2.95. The second kappa shape index (κ2) is 6.76. The zero-order valence-corrected chi connectivity index (χ0v) is 13.6. The third-order valence-electron chi connectivity index (χ3n) is 3.30. The van der Waals surface area contributed by atoms with Gasteiger partial charge >= 0.3 is 0 Å². The number of aryl methyl sites for hydroxylation is 3. The highest BCUT2D eigenvalue weighted by Gasteiger charge is 2.12. The molecule has 1 aromatic heterocycles. The molecule has 21 heavy (non-hydrogen) atoms. The summed E-state index contributed by atoms with van der Waals surface area (Å²) in [5.41, 5.74) is 3.04. The number of rotatable bonds is 5. The van der Waals surface area contributed by atoms with Gasteiger partial charge in [-0.3, -0.25) is 4.79 Å². The Balaban J connectivity index is 1.99. The monoisotopic (exact) mass is 304 g/mol. The van der Waals surface area contributed by atoms with Crippen molar-refractivity contribution in [2.45, 2.75) is 39.4 Å². The Labute approximate surface area is 129 Å². The SMILES string of the molecule is CCn1c(C)nnc1SCC(=O)Nc1c(C)cccc1C. The third kappa shape index (κ3) is 3.64. The maximum Gasteiger partial charge on any atom is 0.234 e. The van der Waals surface area contributed by atoms with Crippen LogP contribution in [0.15, 0.2) is 23.4 Å². The zero-order valence-electron chi connectivity index (χ0n) is 12.8. The molecular formula is C15H20N4OS. The topological polar surface area (TPSA) is 59.8 Å². The van der Waals surface area contributed by atoms with Crippen LogP contribution < -0.4 is 5.32 Å². The van der Waals surface area contributed by atoms with Gasteiger partial charge in [-0.2, -0.15) is 0 Å². The summed E-state index contributed by atoms with van der Waals surface area (Å²) in [5, 5.41) is 11.9. The average Bonchev–Trinajstić information content (AvgIpc) is 2.81. The largest absolute Gasteiger partial charge is 0.325 e. The van der Waals surface area contributed by atoms with Crippen molar-refractivity contribution in [1.29, 1.82) is 0 Å². The standard InChI is InChI=1S/C15H20N4OS/c1-5-19-12(4)17-18-15(19)21-9-13(20)16-14-10(2)7-6-8-11(14)3/h6-8H,5,9H2,1-4H3,(H,16,20). The summed E-state index contributed by atoms with van der Waals surface area (Å²) < 4.78 is 2.00. The minimum absolute atomic E-state index is 0.0271. The Kier molecular flexibility index (Phi) is 5.01. The van der Waals surface area contributed by atoms with Gasteiger partial charge in [0.1, 0.15) is 5.82 Å². The van der Waals surface area contributed by atoms with E-state index in [0.717, 1.165) is 34.3 Å². The predicted molar refractivity (Wildman–Crippen MR) is 85.7 cm³/mol. The van der Waals surface area contributed by atoms with Crippen molar-refractivity contribution in [2.24, 2.45) is 0 Å². The first-order valence-corrected chi connectivity index (χ1v) is 7.90. The van der Waals surface area contributed by atoms with Crippen LogP contribution in [0.1, 0.15) is 23.9 Å². The van der Waals surface area contributed by atoms with E-state index in [0.29, 0.717) is 5.75 Å². The van der Waals surface area contributed by atoms with Crippen LogP contribution >= 0.6 is 11.8 Å². The molecule has 5 nitrogen and oxygen atoms in total. The summed E-state index contributed by atoms with van der Waals surface area (Å²) in [6.45, 7) is 8.74. The highest BCUT2D eigenvalue weighted by atomic mass is 32.2. The summed E-state index contributed by atoms with van der Waals surface area (Å²) in [5.74, 6) is 1.17. The molecule has 1 amide bonds. The Morgan fingerprint density at radius 1 is 1.24 bits per heavy atom. The lowest BCUT2D eigenvalue weighted by molar-refractivity contribution is -0.113. The van der Waals surface area contributed by atoms with E-state index < -0.39 is 0 Å². The van der Waals surface area contributed by atoms with Crippen LogP contribution in [0.3, 0.4) is 0 Å². The molecule has 0 radical (unpaired) electrons. The van der Waals surface area contributed by atoms with E-state index in [2.05, 4.69) is 15.5 Å². The van der Waals surface area contributed by atoms with E-state index in [9.17, 15) is 4.79 Å². The number of aromatic nitrogens is 3. The molecule has 0 spiro atoms. The number of thioether (sulfide) groups is 1. The Morgan fingerprint density at radius 2 is 1.90 bits per heavy atom. The Hall–Kier alpha value is -1.82. The van der Waals surface area contributed by atoms with Crippen LogP contribution in [-0.4, -0.2) is 26.4 Å². The van der Waals surface area contributed by atoms with Crippen LogP contribution in [0.25, 0.3) is 0 Å². The maximum absolute atomic E-state index is 12.1. The lowest BCUT2D eigenvalue weighted by atomic mass is 10.1. The molecule has 0 bridgehead atoms. The normalized spacial score (nSPS) is 10.7. The molecule has 0 aliphatic heterocycles. The quantitative estimate of drug-likeness (QED) is 0.863. The molecule has 0 saturated carbocycles. The van der Waals surface area contributed by atoms with E-state index in [1.54, 1.807) is 0 Å². The van der Waals surface area contributed by atoms with Crippen molar-refractivity contribution in [3.63, 3.8) is 0 Å². The Morgan fingerprint density at radius 3 is 2.52 bits per heavy atom. The van der Waals surface area contributed by atoms with Crippen LogP contribution in [0.4, 0.5) is 5.69 Å². The van der Waals surface area contributed by atoms with Crippen LogP contribution in [-0.2, 0) is 11.3 Å². The van der Waals surface area contributed by atoms with Gasteiger partial charge < -0.3 is 9.88 Å². The highest BCUT2D eigenvalue weighted by molar-refractivity contribution is 7.99. The number of carbonyl (C=O) groups excluding carboxylic acids is 1. The van der Waals surface area contributed by atoms with Crippen molar-refractivity contribution < 1.29 is 4.79 Å². The van der Waals surface area contributed by atoms with Gasteiger partial charge in [0.25, 0.3) is 0 Å². The van der Waals surface area contributed by atoms with Crippen molar-refractivity contribution in [1.82, 2.24) is 14.8 Å². The minimum Gasteiger partial charge on any atom is -0.325 e. The summed E-state index contributed by atoms with van der Waals surface area (Å²) in [6, 6.07) is 5.97. The summed E-state index contributed by atoms with van der Waals surface area (Å²) in [4.78, 5) is 12.1. The number of benzene rings is 1. The minimum atomic E-state index is -0.0271. The highest BCUT2D eigenvalue weighted by Crippen LogP contribution is 2.21. The molecule has 0 aliphatic rings. The summed E-state index contributed by atoms with van der Waals surface area (Å²) >= 11 is 1.41. The molecule has 0 atom stereocenters. The van der Waals surface area contributed by atoms with Crippen molar-refractivity contribution in [3.8, 4) is 0 Å². The third-order valence-corrected chi connectivity index (χ3v) is 4.26. The number of anilines is 1. The van der Waals surface area contributed by atoms with Gasteiger partial charge in [-0.1, -0.05) is 30.0 Å². The average molecular weight is 304 g/mol. The van der Waals surface area contributed by atoms with Gasteiger partial charge in [-0.25, -0.2) is 0 Å². The molecular weight excluding hydrogens is 284 g/mol. The van der Waals surface area contributed by atoms with Crippen LogP contribution in [0, 0.1) is 20.8 Å². The van der Waals surface area contributed by atoms with E-state index in [4.69, 9.17) is 0 Å². The number of nitrogens with one attached hydrogen (secondary N) is 1. The fourth-order valence-corrected chi connectivity index (χ4v) is 3.00. The maximum atomic E-state index is 12.1. The Bertz CT molecular complexity index is 631. The summed E-state index contributed by atoms with van der Waals surface area (Å²) in [7, 11) is 0. The van der Waals surface area contributed by atoms with E-state index in [1.165, 1.54) is 11.8 Å². The van der Waals surface area contributed by atoms with Crippen LogP contribution in [0.5, 0.6) is 0 Å². The van der Waals surface area contributed by atoms with Gasteiger partial charge in [0.2, 0.25) is 5.91 Å². The van der Waals surface area contributed by atoms with Crippen molar-refractivity contribution in [2.75, 3.05) is 11.1 Å². The molecule has 1 N–H and O–H groups in total. The fraction of sp³-hybridized carbons (Fsp3) is 0.400. The van der Waals surface area contributed by atoms with Crippen molar-refractivity contribution in [3.05, 3.63) is 35.2 Å². The summed E-state index contributed by atoms with van der Waals surface area (Å²) in [6.07, 6.45) is 0. The van der Waals surface area contributed by atoms with E-state index in [-0.39, 0.29) is 5.91 Å². The molecule has 0 saturated heterocycles. The second-order valence-electron chi connectivity index (χ2n) is 4.88. The molecule has 0 fully saturated rings. The van der Waals surface area contributed by atoms with Gasteiger partial charge in [-0.15, -0.1) is 10.2 Å². The van der Waals surface area contributed by atoms with Gasteiger partial charge in [0, 0.05) is 12.2 Å². The van der Waals surface area contributed by atoms with Gasteiger partial charge in [0.15, 0.2) is 5.16 Å². The molecule has 2 rings (SSSR count). The molecule has 0 unspecified atom stereocenters. The molecule has 1 heterocycles. The first-order valence-electron chi connectivity index (χ1n) is 6.91. The lowest BCUT2D eigenvalue weighted by Crippen LogP contribution is -2.16. The molecule has 112 valence electrons. The number of nitrogens with zero attached hydrogens (tertiary/aromatic N) is 3. The lowest BCUT2D eigenvalue weighted by Gasteiger charge is -2.11. The number of carbonyl (C=O) groups is 1. The number of amides is 1. The molecule has 1 aromatic carbocycles.